The van der Waals surface area contributed by atoms with Crippen molar-refractivity contribution in [2.24, 2.45) is 5.92 Å². The lowest BCUT2D eigenvalue weighted by molar-refractivity contribution is -0.132. The number of carbonyl (C=O) groups is 1. The predicted octanol–water partition coefficient (Wildman–Crippen LogP) is 1.43. The minimum absolute atomic E-state index is 0.0114. The Labute approximate surface area is 168 Å². The SMILES string of the molecule is O=C(CNS(=O)(=O)c1ccc(Cl)cc1)N1CC2CC(C1)c1cccc(=O)n1C2. The zero-order valence-corrected chi connectivity index (χ0v) is 16.6. The predicted molar refractivity (Wildman–Crippen MR) is 105 cm³/mol. The second-order valence-corrected chi connectivity index (χ2v) is 9.48. The molecule has 28 heavy (non-hydrogen) atoms. The van der Waals surface area contributed by atoms with Crippen molar-refractivity contribution in [1.82, 2.24) is 14.2 Å². The van der Waals surface area contributed by atoms with E-state index < -0.39 is 10.0 Å². The molecule has 2 aliphatic rings. The first-order valence-electron chi connectivity index (χ1n) is 9.06. The molecule has 2 atom stereocenters. The number of benzene rings is 1. The van der Waals surface area contributed by atoms with Crippen molar-refractivity contribution in [1.29, 1.82) is 0 Å². The zero-order valence-electron chi connectivity index (χ0n) is 15.0. The van der Waals surface area contributed by atoms with Crippen molar-refractivity contribution < 1.29 is 13.2 Å². The number of halogens is 1. The lowest BCUT2D eigenvalue weighted by Crippen LogP contribution is -2.51. The molecule has 1 saturated heterocycles. The molecule has 2 bridgehead atoms. The van der Waals surface area contributed by atoms with Crippen LogP contribution in [0.15, 0.2) is 52.2 Å². The molecule has 1 amide bonds. The molecule has 1 fully saturated rings. The third-order valence-electron chi connectivity index (χ3n) is 5.37. The van der Waals surface area contributed by atoms with Crippen LogP contribution in [0.5, 0.6) is 0 Å². The van der Waals surface area contributed by atoms with E-state index in [1.807, 2.05) is 6.07 Å². The van der Waals surface area contributed by atoms with Crippen LogP contribution in [0.1, 0.15) is 18.0 Å². The van der Waals surface area contributed by atoms with Gasteiger partial charge in [0.25, 0.3) is 5.56 Å². The maximum Gasteiger partial charge on any atom is 0.250 e. The lowest BCUT2D eigenvalue weighted by atomic mass is 9.83. The summed E-state index contributed by atoms with van der Waals surface area (Å²) in [5.41, 5.74) is 0.936. The fourth-order valence-electron chi connectivity index (χ4n) is 4.07. The van der Waals surface area contributed by atoms with Gasteiger partial charge >= 0.3 is 0 Å². The van der Waals surface area contributed by atoms with Crippen molar-refractivity contribution in [3.63, 3.8) is 0 Å². The highest BCUT2D eigenvalue weighted by Gasteiger charge is 2.36. The van der Waals surface area contributed by atoms with Crippen LogP contribution in [-0.4, -0.2) is 43.4 Å². The normalized spacial score (nSPS) is 21.2. The molecule has 0 radical (unpaired) electrons. The first-order valence-corrected chi connectivity index (χ1v) is 10.9. The fourth-order valence-corrected chi connectivity index (χ4v) is 5.17. The van der Waals surface area contributed by atoms with Crippen LogP contribution in [0.4, 0.5) is 0 Å². The van der Waals surface area contributed by atoms with Crippen molar-refractivity contribution >= 4 is 27.5 Å². The molecular formula is C19H20ClN3O4S. The summed E-state index contributed by atoms with van der Waals surface area (Å²) in [6.07, 6.45) is 0.934. The molecule has 1 aromatic carbocycles. The van der Waals surface area contributed by atoms with Crippen LogP contribution in [0.2, 0.25) is 5.02 Å². The Morgan fingerprint density at radius 1 is 1.11 bits per heavy atom. The number of hydrogen-bond donors (Lipinski definition) is 1. The van der Waals surface area contributed by atoms with Gasteiger partial charge in [0.05, 0.1) is 11.4 Å². The second-order valence-electron chi connectivity index (χ2n) is 7.28. The number of pyridine rings is 1. The van der Waals surface area contributed by atoms with Crippen LogP contribution < -0.4 is 10.3 Å². The van der Waals surface area contributed by atoms with Gasteiger partial charge in [0.15, 0.2) is 0 Å². The number of rotatable bonds is 4. The largest absolute Gasteiger partial charge is 0.341 e. The van der Waals surface area contributed by atoms with Gasteiger partial charge in [0, 0.05) is 42.3 Å². The number of nitrogens with zero attached hydrogens (tertiary/aromatic N) is 2. The third kappa shape index (κ3) is 3.72. The molecule has 1 aromatic heterocycles. The van der Waals surface area contributed by atoms with E-state index in [0.717, 1.165) is 12.1 Å². The van der Waals surface area contributed by atoms with Crippen molar-refractivity contribution in [3.8, 4) is 0 Å². The van der Waals surface area contributed by atoms with E-state index >= 15 is 0 Å². The van der Waals surface area contributed by atoms with E-state index in [4.69, 9.17) is 11.6 Å². The molecule has 9 heteroatoms. The second kappa shape index (κ2) is 7.35. The number of aromatic nitrogens is 1. The number of carbonyl (C=O) groups excluding carboxylic acids is 1. The highest BCUT2D eigenvalue weighted by atomic mass is 35.5. The molecule has 148 valence electrons. The van der Waals surface area contributed by atoms with Gasteiger partial charge in [-0.1, -0.05) is 17.7 Å². The quantitative estimate of drug-likeness (QED) is 0.808. The monoisotopic (exact) mass is 421 g/mol. The smallest absolute Gasteiger partial charge is 0.250 e. The number of fused-ring (bicyclic) bond motifs is 4. The molecule has 4 rings (SSSR count). The first-order chi connectivity index (χ1) is 13.3. The summed E-state index contributed by atoms with van der Waals surface area (Å²) in [6, 6.07) is 11.0. The average molecular weight is 422 g/mol. The van der Waals surface area contributed by atoms with Gasteiger partial charge in [0.1, 0.15) is 0 Å². The minimum atomic E-state index is -3.79. The van der Waals surface area contributed by atoms with Crippen LogP contribution in [-0.2, 0) is 21.4 Å². The Hall–Kier alpha value is -2.16. The summed E-state index contributed by atoms with van der Waals surface area (Å²) in [4.78, 5) is 26.5. The molecule has 0 aliphatic carbocycles. The Balaban J connectivity index is 1.44. The molecule has 0 spiro atoms. The van der Waals surface area contributed by atoms with Gasteiger partial charge < -0.3 is 9.47 Å². The molecular weight excluding hydrogens is 402 g/mol. The molecule has 0 saturated carbocycles. The number of likely N-dealkylation sites (tertiary alicyclic amines) is 1. The van der Waals surface area contributed by atoms with Gasteiger partial charge in [0.2, 0.25) is 15.9 Å². The summed E-state index contributed by atoms with van der Waals surface area (Å²) in [5.74, 6) is 0.0281. The summed E-state index contributed by atoms with van der Waals surface area (Å²) < 4.78 is 28.9. The Bertz CT molecular complexity index is 1070. The fraction of sp³-hybridized carbons (Fsp3) is 0.368. The Kier molecular flexibility index (Phi) is 5.03. The molecule has 2 unspecified atom stereocenters. The number of piperidine rings is 1. The Morgan fingerprint density at radius 2 is 1.86 bits per heavy atom. The highest BCUT2D eigenvalue weighted by Crippen LogP contribution is 2.34. The zero-order chi connectivity index (χ0) is 19.9. The minimum Gasteiger partial charge on any atom is -0.341 e. The van der Waals surface area contributed by atoms with Gasteiger partial charge in [-0.25, -0.2) is 13.1 Å². The summed E-state index contributed by atoms with van der Waals surface area (Å²) in [7, 11) is -3.79. The molecule has 2 aliphatic heterocycles. The third-order valence-corrected chi connectivity index (χ3v) is 7.04. The van der Waals surface area contributed by atoms with Gasteiger partial charge in [-0.3, -0.25) is 9.59 Å². The van der Waals surface area contributed by atoms with Crippen LogP contribution in [0, 0.1) is 5.92 Å². The summed E-state index contributed by atoms with van der Waals surface area (Å²) in [5, 5.41) is 0.439. The molecule has 3 heterocycles. The first kappa shape index (κ1) is 19.2. The van der Waals surface area contributed by atoms with Crippen LogP contribution in [0.25, 0.3) is 0 Å². The maximum atomic E-state index is 12.6. The highest BCUT2D eigenvalue weighted by molar-refractivity contribution is 7.89. The van der Waals surface area contributed by atoms with Crippen molar-refractivity contribution in [3.05, 3.63) is 63.5 Å². The Morgan fingerprint density at radius 3 is 2.61 bits per heavy atom. The summed E-state index contributed by atoms with van der Waals surface area (Å²) >= 11 is 5.79. The topological polar surface area (TPSA) is 88.5 Å². The molecule has 2 aromatic rings. The van der Waals surface area contributed by atoms with Crippen LogP contribution >= 0.6 is 11.6 Å². The number of hydrogen-bond acceptors (Lipinski definition) is 4. The summed E-state index contributed by atoms with van der Waals surface area (Å²) in [6.45, 7) is 1.30. The standard InChI is InChI=1S/C19H20ClN3O4S/c20-15-4-6-16(7-5-15)28(26,27)21-9-19(25)22-10-13-8-14(12-22)17-2-1-3-18(24)23(17)11-13/h1-7,13-14,21H,8-12H2. The van der Waals surface area contributed by atoms with Gasteiger partial charge in [-0.05, 0) is 42.7 Å². The van der Waals surface area contributed by atoms with Crippen LogP contribution in [0.3, 0.4) is 0 Å². The van der Waals surface area contributed by atoms with Gasteiger partial charge in [-0.2, -0.15) is 0 Å². The molecule has 7 nitrogen and oxygen atoms in total. The van der Waals surface area contributed by atoms with Crippen molar-refractivity contribution in [2.45, 2.75) is 23.8 Å². The number of sulfonamides is 1. The number of amides is 1. The molecule has 1 N–H and O–H groups in total. The average Bonchev–Trinajstić information content (AvgIpc) is 2.67. The van der Waals surface area contributed by atoms with E-state index in [-0.39, 0.29) is 34.7 Å². The maximum absolute atomic E-state index is 12.6. The van der Waals surface area contributed by atoms with E-state index in [9.17, 15) is 18.0 Å². The van der Waals surface area contributed by atoms with Gasteiger partial charge in [-0.15, -0.1) is 0 Å². The van der Waals surface area contributed by atoms with Crippen molar-refractivity contribution in [2.75, 3.05) is 19.6 Å². The lowest BCUT2D eigenvalue weighted by Gasteiger charge is -2.42. The number of nitrogens with one attached hydrogen (secondary N) is 1. The van der Waals surface area contributed by atoms with E-state index in [1.165, 1.54) is 24.3 Å². The van der Waals surface area contributed by atoms with E-state index in [2.05, 4.69) is 4.72 Å². The van der Waals surface area contributed by atoms with E-state index in [1.54, 1.807) is 21.6 Å². The van der Waals surface area contributed by atoms with E-state index in [0.29, 0.717) is 24.7 Å².